The standard InChI is InChI=1S/C24H23F5N6/c25-18-4-3-13(9-19(18)26)17-6-8-35-22(17)32-23(33-35)31-21-14-1-2-15(21)12-34(11-14)16-5-7-30-20(10-16)24(27,28)29/h3-5,7,9-10,14-15,17,21H,1-2,6,8,11-12H2,(H,31,33)/t14-,15+,17?,21?. The fourth-order valence-electron chi connectivity index (χ4n) is 5.85. The summed E-state index contributed by atoms with van der Waals surface area (Å²) in [6, 6.07) is 6.81. The number of nitrogens with zero attached hydrogens (tertiary/aromatic N) is 5. The largest absolute Gasteiger partial charge is 0.433 e. The maximum Gasteiger partial charge on any atom is 0.433 e. The zero-order valence-corrected chi connectivity index (χ0v) is 18.6. The number of benzene rings is 1. The fourth-order valence-corrected chi connectivity index (χ4v) is 5.85. The first kappa shape index (κ1) is 22.2. The van der Waals surface area contributed by atoms with Gasteiger partial charge in [0, 0.05) is 43.5 Å². The summed E-state index contributed by atoms with van der Waals surface area (Å²) in [5.41, 5.74) is 0.330. The van der Waals surface area contributed by atoms with Gasteiger partial charge in [-0.15, -0.1) is 5.10 Å². The van der Waals surface area contributed by atoms with Crippen LogP contribution in [0.25, 0.3) is 0 Å². The van der Waals surface area contributed by atoms with Crippen LogP contribution in [0.5, 0.6) is 0 Å². The lowest BCUT2D eigenvalue weighted by molar-refractivity contribution is -0.141. The Morgan fingerprint density at radius 1 is 0.943 bits per heavy atom. The van der Waals surface area contributed by atoms with E-state index in [2.05, 4.69) is 20.4 Å². The Morgan fingerprint density at radius 2 is 1.71 bits per heavy atom. The van der Waals surface area contributed by atoms with Crippen molar-refractivity contribution in [1.29, 1.82) is 0 Å². The highest BCUT2D eigenvalue weighted by Gasteiger charge is 2.43. The van der Waals surface area contributed by atoms with Crippen LogP contribution in [0, 0.1) is 23.5 Å². The van der Waals surface area contributed by atoms with Crippen LogP contribution in [0.15, 0.2) is 36.5 Å². The maximum absolute atomic E-state index is 13.8. The van der Waals surface area contributed by atoms with Crippen LogP contribution in [0.3, 0.4) is 0 Å². The molecule has 1 aliphatic carbocycles. The van der Waals surface area contributed by atoms with Crippen molar-refractivity contribution in [2.45, 2.75) is 43.9 Å². The third kappa shape index (κ3) is 4.00. The highest BCUT2D eigenvalue weighted by atomic mass is 19.4. The molecule has 2 unspecified atom stereocenters. The normalized spacial score (nSPS) is 25.7. The molecule has 3 aromatic rings. The summed E-state index contributed by atoms with van der Waals surface area (Å²) in [4.78, 5) is 10.2. The highest BCUT2D eigenvalue weighted by Crippen LogP contribution is 2.41. The smallest absolute Gasteiger partial charge is 0.371 e. The number of alkyl halides is 3. The second-order valence-corrected chi connectivity index (χ2v) is 9.60. The lowest BCUT2D eigenvalue weighted by atomic mass is 9.92. The van der Waals surface area contributed by atoms with Crippen molar-refractivity contribution in [2.75, 3.05) is 23.3 Å². The lowest BCUT2D eigenvalue weighted by Gasteiger charge is -2.39. The van der Waals surface area contributed by atoms with Crippen LogP contribution < -0.4 is 10.2 Å². The number of aromatic nitrogens is 4. The van der Waals surface area contributed by atoms with Crippen LogP contribution in [0.4, 0.5) is 33.6 Å². The molecule has 0 radical (unpaired) electrons. The molecule has 2 fully saturated rings. The van der Waals surface area contributed by atoms with E-state index >= 15 is 0 Å². The number of rotatable bonds is 4. The van der Waals surface area contributed by atoms with E-state index in [4.69, 9.17) is 0 Å². The first-order chi connectivity index (χ1) is 16.8. The molecule has 2 aliphatic heterocycles. The van der Waals surface area contributed by atoms with Crippen LogP contribution in [0.1, 0.15) is 42.3 Å². The molecule has 0 spiro atoms. The van der Waals surface area contributed by atoms with E-state index in [1.165, 1.54) is 12.3 Å². The van der Waals surface area contributed by atoms with E-state index in [0.29, 0.717) is 36.8 Å². The van der Waals surface area contributed by atoms with Gasteiger partial charge in [-0.25, -0.2) is 13.5 Å². The van der Waals surface area contributed by atoms with Gasteiger partial charge in [-0.1, -0.05) is 6.07 Å². The molecule has 2 aromatic heterocycles. The summed E-state index contributed by atoms with van der Waals surface area (Å²) in [5.74, 6) is -0.183. The van der Waals surface area contributed by atoms with Crippen molar-refractivity contribution >= 4 is 11.6 Å². The SMILES string of the molecule is Fc1ccc(C2CCn3nc(NC4[C@@H]5CC[C@H]4CN(c4ccnc(C(F)(F)F)c4)C5)nc32)cc1F. The average Bonchev–Trinajstić information content (AvgIpc) is 3.46. The minimum atomic E-state index is -4.47. The number of hydrogen-bond donors (Lipinski definition) is 1. The summed E-state index contributed by atoms with van der Waals surface area (Å²) in [7, 11) is 0. The number of aryl methyl sites for hydroxylation is 1. The molecule has 4 heterocycles. The van der Waals surface area contributed by atoms with Crippen LogP contribution in [0.2, 0.25) is 0 Å². The Bertz CT molecular complexity index is 1240. The van der Waals surface area contributed by atoms with Crippen molar-refractivity contribution in [1.82, 2.24) is 19.7 Å². The van der Waals surface area contributed by atoms with Crippen molar-refractivity contribution in [3.05, 3.63) is 65.2 Å². The number of anilines is 2. The first-order valence-electron chi connectivity index (χ1n) is 11.7. The van der Waals surface area contributed by atoms with Gasteiger partial charge in [-0.3, -0.25) is 4.98 Å². The molecule has 1 N–H and O–H groups in total. The van der Waals surface area contributed by atoms with Gasteiger partial charge >= 0.3 is 6.18 Å². The van der Waals surface area contributed by atoms with Gasteiger partial charge in [0.1, 0.15) is 11.5 Å². The zero-order valence-electron chi connectivity index (χ0n) is 18.6. The molecule has 35 heavy (non-hydrogen) atoms. The van der Waals surface area contributed by atoms with Crippen molar-refractivity contribution in [2.24, 2.45) is 11.8 Å². The van der Waals surface area contributed by atoms with Gasteiger partial charge in [0.15, 0.2) is 11.6 Å². The van der Waals surface area contributed by atoms with Gasteiger partial charge in [-0.2, -0.15) is 18.2 Å². The molecule has 0 amide bonds. The van der Waals surface area contributed by atoms with Crippen molar-refractivity contribution in [3.8, 4) is 0 Å². The van der Waals surface area contributed by atoms with E-state index < -0.39 is 23.5 Å². The highest BCUT2D eigenvalue weighted by molar-refractivity contribution is 5.49. The van der Waals surface area contributed by atoms with E-state index in [-0.39, 0.29) is 23.8 Å². The van der Waals surface area contributed by atoms with E-state index in [1.807, 2.05) is 4.90 Å². The third-order valence-corrected chi connectivity index (χ3v) is 7.52. The Morgan fingerprint density at radius 3 is 2.43 bits per heavy atom. The van der Waals surface area contributed by atoms with Crippen LogP contribution in [-0.2, 0) is 12.7 Å². The summed E-state index contributed by atoms with van der Waals surface area (Å²) >= 11 is 0. The van der Waals surface area contributed by atoms with Crippen LogP contribution in [-0.4, -0.2) is 38.9 Å². The minimum Gasteiger partial charge on any atom is -0.371 e. The quantitative estimate of drug-likeness (QED) is 0.531. The summed E-state index contributed by atoms with van der Waals surface area (Å²) in [5, 5.41) is 8.07. The summed E-state index contributed by atoms with van der Waals surface area (Å²) < 4.78 is 68.2. The maximum atomic E-state index is 13.8. The first-order valence-corrected chi connectivity index (χ1v) is 11.7. The Kier molecular flexibility index (Phi) is 5.19. The summed E-state index contributed by atoms with van der Waals surface area (Å²) in [6.07, 6.45) is -0.595. The van der Waals surface area contributed by atoms with Gasteiger partial charge in [0.2, 0.25) is 5.95 Å². The number of piperidine rings is 1. The molecule has 3 aliphatic rings. The van der Waals surface area contributed by atoms with E-state index in [1.54, 1.807) is 16.8 Å². The third-order valence-electron chi connectivity index (χ3n) is 7.52. The lowest BCUT2D eigenvalue weighted by Crippen LogP contribution is -2.48. The molecule has 6 nitrogen and oxygen atoms in total. The van der Waals surface area contributed by atoms with Crippen molar-refractivity contribution in [3.63, 3.8) is 0 Å². The second-order valence-electron chi connectivity index (χ2n) is 9.60. The number of halogens is 5. The molecule has 11 heteroatoms. The Hall–Kier alpha value is -3.24. The monoisotopic (exact) mass is 490 g/mol. The van der Waals surface area contributed by atoms with Crippen LogP contribution >= 0.6 is 0 Å². The Balaban J connectivity index is 1.17. The van der Waals surface area contributed by atoms with Crippen molar-refractivity contribution < 1.29 is 22.0 Å². The molecular weight excluding hydrogens is 467 g/mol. The van der Waals surface area contributed by atoms with Gasteiger partial charge in [0.05, 0.1) is 0 Å². The van der Waals surface area contributed by atoms with Gasteiger partial charge in [0.25, 0.3) is 0 Å². The molecule has 184 valence electrons. The molecular formula is C24H23F5N6. The average molecular weight is 490 g/mol. The zero-order chi connectivity index (χ0) is 24.3. The van der Waals surface area contributed by atoms with E-state index in [9.17, 15) is 22.0 Å². The molecule has 2 bridgehead atoms. The van der Waals surface area contributed by atoms with Gasteiger partial charge < -0.3 is 10.2 Å². The number of nitrogens with one attached hydrogen (secondary N) is 1. The fraction of sp³-hybridized carbons (Fsp3) is 0.458. The number of fused-ring (bicyclic) bond motifs is 3. The molecule has 4 atom stereocenters. The predicted octanol–water partition coefficient (Wildman–Crippen LogP) is 4.83. The molecule has 6 rings (SSSR count). The molecule has 1 saturated carbocycles. The van der Waals surface area contributed by atoms with E-state index in [0.717, 1.165) is 37.2 Å². The molecule has 1 aromatic carbocycles. The topological polar surface area (TPSA) is 58.9 Å². The summed E-state index contributed by atoms with van der Waals surface area (Å²) in [6.45, 7) is 1.92. The predicted molar refractivity (Wildman–Crippen MR) is 118 cm³/mol. The Labute approximate surface area is 198 Å². The molecule has 1 saturated heterocycles. The minimum absolute atomic E-state index is 0.125. The number of hydrogen-bond acceptors (Lipinski definition) is 5. The van der Waals surface area contributed by atoms with Gasteiger partial charge in [-0.05, 0) is 60.9 Å². The number of pyridine rings is 1. The second kappa shape index (κ2) is 8.17.